The minimum Gasteiger partial charge on any atom is -0.452 e. The first-order valence-electron chi connectivity index (χ1n) is 3.41. The lowest BCUT2D eigenvalue weighted by Crippen LogP contribution is -2.27. The maximum atomic E-state index is 10.9. The summed E-state index contributed by atoms with van der Waals surface area (Å²) < 4.78 is 4.48. The number of amides is 1. The van der Waals surface area contributed by atoms with Crippen LogP contribution in [0, 0.1) is 11.3 Å². The molecule has 4 heteroatoms. The number of nitrogens with zero attached hydrogens (tertiary/aromatic N) is 2. The summed E-state index contributed by atoms with van der Waals surface area (Å²) in [5.41, 5.74) is 0.565. The third-order valence-electron chi connectivity index (χ3n) is 1.48. The van der Waals surface area contributed by atoms with Crippen LogP contribution in [0.4, 0.5) is 4.79 Å². The Hall–Kier alpha value is -1.76. The lowest BCUT2D eigenvalue weighted by atomic mass is 10.2. The molecule has 0 aliphatic carbocycles. The summed E-state index contributed by atoms with van der Waals surface area (Å²) >= 11 is 0. The van der Waals surface area contributed by atoms with E-state index in [1.54, 1.807) is 12.2 Å². The van der Waals surface area contributed by atoms with Crippen molar-refractivity contribution in [3.63, 3.8) is 0 Å². The van der Waals surface area contributed by atoms with Crippen molar-refractivity contribution in [2.24, 2.45) is 0 Å². The van der Waals surface area contributed by atoms with Crippen molar-refractivity contribution in [1.82, 2.24) is 4.90 Å². The standard InChI is InChI=1S/C8H8N2O2/c1-12-8(11)10-4-2-7(6-9)3-5-10/h2-4H,5H2,1H3. The Morgan fingerprint density at radius 1 is 1.83 bits per heavy atom. The van der Waals surface area contributed by atoms with Gasteiger partial charge < -0.3 is 4.74 Å². The molecule has 0 radical (unpaired) electrons. The van der Waals surface area contributed by atoms with Crippen molar-refractivity contribution < 1.29 is 9.53 Å². The highest BCUT2D eigenvalue weighted by atomic mass is 16.5. The van der Waals surface area contributed by atoms with Gasteiger partial charge in [0.05, 0.1) is 18.8 Å². The van der Waals surface area contributed by atoms with Crippen LogP contribution in [0.2, 0.25) is 0 Å². The number of nitriles is 1. The van der Waals surface area contributed by atoms with Crippen molar-refractivity contribution in [1.29, 1.82) is 5.26 Å². The van der Waals surface area contributed by atoms with Crippen molar-refractivity contribution in [3.05, 3.63) is 23.9 Å². The van der Waals surface area contributed by atoms with E-state index >= 15 is 0 Å². The Bertz CT molecular complexity index is 286. The van der Waals surface area contributed by atoms with E-state index in [4.69, 9.17) is 5.26 Å². The van der Waals surface area contributed by atoms with Gasteiger partial charge >= 0.3 is 6.09 Å². The number of ether oxygens (including phenoxy) is 1. The molecular formula is C8H8N2O2. The summed E-state index contributed by atoms with van der Waals surface area (Å²) in [7, 11) is 1.32. The Balaban J connectivity index is 2.61. The maximum Gasteiger partial charge on any atom is 0.413 e. The molecule has 0 aromatic rings. The number of methoxy groups -OCH3 is 1. The van der Waals surface area contributed by atoms with Gasteiger partial charge in [-0.05, 0) is 12.2 Å². The average Bonchev–Trinajstić information content (AvgIpc) is 2.17. The largest absolute Gasteiger partial charge is 0.452 e. The van der Waals surface area contributed by atoms with Crippen LogP contribution in [-0.4, -0.2) is 24.6 Å². The second-order valence-electron chi connectivity index (χ2n) is 2.21. The fraction of sp³-hybridized carbons (Fsp3) is 0.250. The average molecular weight is 164 g/mol. The number of rotatable bonds is 0. The van der Waals surface area contributed by atoms with Crippen LogP contribution in [0.15, 0.2) is 23.9 Å². The van der Waals surface area contributed by atoms with Gasteiger partial charge in [-0.25, -0.2) is 4.79 Å². The molecule has 1 amide bonds. The molecule has 62 valence electrons. The number of carbonyl (C=O) groups excluding carboxylic acids is 1. The minimum atomic E-state index is -0.417. The molecule has 0 aromatic carbocycles. The van der Waals surface area contributed by atoms with Gasteiger partial charge in [0.2, 0.25) is 0 Å². The molecule has 0 aromatic heterocycles. The fourth-order valence-corrected chi connectivity index (χ4v) is 0.831. The predicted molar refractivity (Wildman–Crippen MR) is 41.9 cm³/mol. The van der Waals surface area contributed by atoms with Gasteiger partial charge in [-0.1, -0.05) is 0 Å². The number of carbonyl (C=O) groups is 1. The first-order chi connectivity index (χ1) is 5.77. The monoisotopic (exact) mass is 164 g/mol. The zero-order valence-electron chi connectivity index (χ0n) is 6.65. The molecule has 4 nitrogen and oxygen atoms in total. The van der Waals surface area contributed by atoms with Crippen LogP contribution in [0.1, 0.15) is 0 Å². The fourth-order valence-electron chi connectivity index (χ4n) is 0.831. The summed E-state index contributed by atoms with van der Waals surface area (Å²) in [5, 5.41) is 8.47. The molecule has 1 aliphatic rings. The van der Waals surface area contributed by atoms with Crippen molar-refractivity contribution in [3.8, 4) is 6.07 Å². The highest BCUT2D eigenvalue weighted by molar-refractivity contribution is 5.69. The van der Waals surface area contributed by atoms with Crippen LogP contribution in [0.25, 0.3) is 0 Å². The molecule has 1 rings (SSSR count). The molecule has 1 aliphatic heterocycles. The van der Waals surface area contributed by atoms with E-state index in [0.29, 0.717) is 12.1 Å². The third kappa shape index (κ3) is 1.64. The quantitative estimate of drug-likeness (QED) is 0.537. The van der Waals surface area contributed by atoms with E-state index in [9.17, 15) is 4.79 Å². The van der Waals surface area contributed by atoms with E-state index in [-0.39, 0.29) is 0 Å². The molecule has 0 fully saturated rings. The maximum absolute atomic E-state index is 10.9. The van der Waals surface area contributed by atoms with Crippen molar-refractivity contribution in [2.75, 3.05) is 13.7 Å². The predicted octanol–water partition coefficient (Wildman–Crippen LogP) is 1.03. The molecule has 0 spiro atoms. The van der Waals surface area contributed by atoms with Gasteiger partial charge in [0.15, 0.2) is 0 Å². The van der Waals surface area contributed by atoms with Gasteiger partial charge in [0.25, 0.3) is 0 Å². The second-order valence-corrected chi connectivity index (χ2v) is 2.21. The first-order valence-corrected chi connectivity index (χ1v) is 3.41. The van der Waals surface area contributed by atoms with E-state index < -0.39 is 6.09 Å². The topological polar surface area (TPSA) is 53.3 Å². The number of hydrogen-bond donors (Lipinski definition) is 0. The lowest BCUT2D eigenvalue weighted by molar-refractivity contribution is 0.143. The van der Waals surface area contributed by atoms with Gasteiger partial charge in [-0.15, -0.1) is 0 Å². The summed E-state index contributed by atoms with van der Waals surface area (Å²) in [6.45, 7) is 0.395. The Morgan fingerprint density at radius 2 is 2.58 bits per heavy atom. The number of hydrogen-bond acceptors (Lipinski definition) is 3. The third-order valence-corrected chi connectivity index (χ3v) is 1.48. The molecular weight excluding hydrogens is 156 g/mol. The highest BCUT2D eigenvalue weighted by Crippen LogP contribution is 2.06. The van der Waals surface area contributed by atoms with Crippen LogP contribution in [0.3, 0.4) is 0 Å². The summed E-state index contributed by atoms with van der Waals surface area (Å²) in [6.07, 6.45) is 4.35. The SMILES string of the molecule is COC(=O)N1C=CC(C#N)=CC1. The molecule has 0 saturated heterocycles. The second kappa shape index (κ2) is 3.58. The van der Waals surface area contributed by atoms with Crippen LogP contribution >= 0.6 is 0 Å². The molecule has 0 unspecified atom stereocenters. The molecule has 12 heavy (non-hydrogen) atoms. The van der Waals surface area contributed by atoms with Gasteiger partial charge in [0.1, 0.15) is 0 Å². The van der Waals surface area contributed by atoms with E-state index in [2.05, 4.69) is 4.74 Å². The molecule has 0 saturated carbocycles. The van der Waals surface area contributed by atoms with Crippen LogP contribution < -0.4 is 0 Å². The molecule has 0 atom stereocenters. The van der Waals surface area contributed by atoms with E-state index in [0.717, 1.165) is 0 Å². The van der Waals surface area contributed by atoms with E-state index in [1.165, 1.54) is 18.2 Å². The highest BCUT2D eigenvalue weighted by Gasteiger charge is 2.11. The summed E-state index contributed by atoms with van der Waals surface area (Å²) in [4.78, 5) is 12.3. The lowest BCUT2D eigenvalue weighted by Gasteiger charge is -2.16. The zero-order chi connectivity index (χ0) is 8.97. The van der Waals surface area contributed by atoms with Gasteiger partial charge in [0, 0.05) is 12.7 Å². The van der Waals surface area contributed by atoms with Crippen LogP contribution in [-0.2, 0) is 4.74 Å². The van der Waals surface area contributed by atoms with E-state index in [1.807, 2.05) is 6.07 Å². The van der Waals surface area contributed by atoms with Gasteiger partial charge in [-0.3, -0.25) is 4.90 Å². The van der Waals surface area contributed by atoms with Crippen LogP contribution in [0.5, 0.6) is 0 Å². The zero-order valence-corrected chi connectivity index (χ0v) is 6.65. The number of allylic oxidation sites excluding steroid dienone is 2. The first kappa shape index (κ1) is 8.34. The Labute approximate surface area is 70.3 Å². The van der Waals surface area contributed by atoms with Gasteiger partial charge in [-0.2, -0.15) is 5.26 Å². The molecule has 1 heterocycles. The minimum absolute atomic E-state index is 0.395. The Morgan fingerprint density at radius 3 is 3.00 bits per heavy atom. The van der Waals surface area contributed by atoms with Crippen molar-refractivity contribution in [2.45, 2.75) is 0 Å². The normalized spacial score (nSPS) is 15.0. The van der Waals surface area contributed by atoms with Crippen molar-refractivity contribution >= 4 is 6.09 Å². The molecule has 0 bridgehead atoms. The molecule has 0 N–H and O–H groups in total. The Kier molecular flexibility index (Phi) is 2.49. The summed E-state index contributed by atoms with van der Waals surface area (Å²) in [5.74, 6) is 0. The summed E-state index contributed by atoms with van der Waals surface area (Å²) in [6, 6.07) is 1.98. The smallest absolute Gasteiger partial charge is 0.413 e.